The summed E-state index contributed by atoms with van der Waals surface area (Å²) in [5.41, 5.74) is 2.06. The number of nitrogens with zero attached hydrogens (tertiary/aromatic N) is 1. The van der Waals surface area contributed by atoms with Crippen LogP contribution in [0.1, 0.15) is 13.3 Å². The molecule has 4 N–H and O–H groups in total. The smallest absolute Gasteiger partial charge is 0.235 e. The molecule has 0 aromatic rings. The minimum Gasteiger partial charge on any atom is -0.359 e. The van der Waals surface area contributed by atoms with Crippen LogP contribution in [0.15, 0.2) is 0 Å². The Balaban J connectivity index is 3.78. The highest BCUT2D eigenvalue weighted by Crippen LogP contribution is 1.98. The van der Waals surface area contributed by atoms with Gasteiger partial charge in [-0.15, -0.1) is 0 Å². The summed E-state index contributed by atoms with van der Waals surface area (Å²) >= 11 is 0. The van der Waals surface area contributed by atoms with Crippen molar-refractivity contribution in [1.29, 1.82) is 0 Å². The van der Waals surface area contributed by atoms with Crippen LogP contribution in [0, 0.1) is 5.92 Å². The van der Waals surface area contributed by atoms with E-state index in [-0.39, 0.29) is 17.7 Å². The Kier molecular flexibility index (Phi) is 6.64. The van der Waals surface area contributed by atoms with Crippen molar-refractivity contribution in [3.8, 4) is 0 Å². The van der Waals surface area contributed by atoms with Gasteiger partial charge in [0.2, 0.25) is 11.8 Å². The number of nitrogens with one attached hydrogen (secondary N) is 2. The molecule has 0 aliphatic rings. The summed E-state index contributed by atoms with van der Waals surface area (Å²) < 4.78 is 0. The zero-order valence-electron chi connectivity index (χ0n) is 9.54. The molecule has 0 fully saturated rings. The number of nitrogens with two attached hydrogens (primary N) is 1. The van der Waals surface area contributed by atoms with E-state index in [0.717, 1.165) is 0 Å². The second-order valence-corrected chi connectivity index (χ2v) is 3.60. The highest BCUT2D eigenvalue weighted by molar-refractivity contribution is 5.78. The van der Waals surface area contributed by atoms with Crippen molar-refractivity contribution in [2.45, 2.75) is 13.3 Å². The average molecular weight is 216 g/mol. The van der Waals surface area contributed by atoms with Gasteiger partial charge in [-0.1, -0.05) is 6.92 Å². The molecule has 0 aromatic heterocycles. The molecule has 88 valence electrons. The van der Waals surface area contributed by atoms with E-state index < -0.39 is 0 Å². The van der Waals surface area contributed by atoms with E-state index in [4.69, 9.17) is 5.84 Å². The lowest BCUT2D eigenvalue weighted by molar-refractivity contribution is -0.124. The normalized spacial score (nSPS) is 12.3. The molecule has 6 heteroatoms. The minimum atomic E-state index is -0.200. The summed E-state index contributed by atoms with van der Waals surface area (Å²) in [5, 5.41) is 2.58. The quantitative estimate of drug-likeness (QED) is 0.292. The number of carbonyl (C=O) groups is 2. The fourth-order valence-corrected chi connectivity index (χ4v) is 1.25. The Labute approximate surface area is 90.2 Å². The van der Waals surface area contributed by atoms with Crippen LogP contribution < -0.4 is 16.6 Å². The second kappa shape index (κ2) is 7.19. The largest absolute Gasteiger partial charge is 0.359 e. The molecule has 0 spiro atoms. The Morgan fingerprint density at radius 2 is 2.07 bits per heavy atom. The lowest BCUT2D eigenvalue weighted by atomic mass is 10.1. The van der Waals surface area contributed by atoms with Gasteiger partial charge in [-0.3, -0.25) is 15.0 Å². The first-order chi connectivity index (χ1) is 7.01. The van der Waals surface area contributed by atoms with E-state index in [9.17, 15) is 9.59 Å². The van der Waals surface area contributed by atoms with Crippen molar-refractivity contribution in [3.63, 3.8) is 0 Å². The molecule has 0 saturated heterocycles. The summed E-state index contributed by atoms with van der Waals surface area (Å²) in [4.78, 5) is 24.0. The zero-order valence-corrected chi connectivity index (χ0v) is 9.54. The molecule has 0 aliphatic heterocycles. The van der Waals surface area contributed by atoms with Gasteiger partial charge < -0.3 is 10.2 Å². The number of hydrazine groups is 1. The maximum absolute atomic E-state index is 11.2. The maximum atomic E-state index is 11.2. The van der Waals surface area contributed by atoms with Crippen molar-refractivity contribution in [2.24, 2.45) is 11.8 Å². The van der Waals surface area contributed by atoms with Gasteiger partial charge in [0.25, 0.3) is 0 Å². The van der Waals surface area contributed by atoms with Crippen molar-refractivity contribution in [2.75, 3.05) is 27.2 Å². The third kappa shape index (κ3) is 6.03. The third-order valence-corrected chi connectivity index (χ3v) is 2.16. The van der Waals surface area contributed by atoms with E-state index in [1.54, 1.807) is 7.05 Å². The third-order valence-electron chi connectivity index (χ3n) is 2.16. The first kappa shape index (κ1) is 13.9. The first-order valence-electron chi connectivity index (χ1n) is 4.90. The number of rotatable bonds is 6. The molecule has 0 aromatic carbocycles. The van der Waals surface area contributed by atoms with Gasteiger partial charge in [-0.05, 0) is 7.05 Å². The predicted molar refractivity (Wildman–Crippen MR) is 57.7 cm³/mol. The fraction of sp³-hybridized carbons (Fsp3) is 0.778. The van der Waals surface area contributed by atoms with E-state index in [2.05, 4.69) is 10.7 Å². The summed E-state index contributed by atoms with van der Waals surface area (Å²) in [5.74, 6) is 4.67. The molecule has 0 bridgehead atoms. The van der Waals surface area contributed by atoms with E-state index >= 15 is 0 Å². The van der Waals surface area contributed by atoms with Crippen LogP contribution in [-0.4, -0.2) is 43.9 Å². The van der Waals surface area contributed by atoms with Crippen LogP contribution >= 0.6 is 0 Å². The predicted octanol–water partition coefficient (Wildman–Crippen LogP) is -1.32. The summed E-state index contributed by atoms with van der Waals surface area (Å²) in [6.45, 7) is 3.06. The van der Waals surface area contributed by atoms with Gasteiger partial charge in [0, 0.05) is 32.5 Å². The lowest BCUT2D eigenvalue weighted by Crippen LogP contribution is -2.37. The molecule has 15 heavy (non-hydrogen) atoms. The van der Waals surface area contributed by atoms with Crippen molar-refractivity contribution in [1.82, 2.24) is 15.6 Å². The maximum Gasteiger partial charge on any atom is 0.235 e. The van der Waals surface area contributed by atoms with Gasteiger partial charge in [-0.2, -0.15) is 0 Å². The standard InChI is InChI=1S/C9H20N4O2/c1-7(9(15)11-2)6-13(3)5-4-8(14)12-10/h7H,4-6,10H2,1-3H3,(H,11,15)(H,12,14). The Hall–Kier alpha value is -1.14. The fourth-order valence-electron chi connectivity index (χ4n) is 1.25. The van der Waals surface area contributed by atoms with Gasteiger partial charge in [0.05, 0.1) is 0 Å². The zero-order chi connectivity index (χ0) is 11.8. The Morgan fingerprint density at radius 3 is 2.53 bits per heavy atom. The van der Waals surface area contributed by atoms with E-state index in [1.807, 2.05) is 18.9 Å². The van der Waals surface area contributed by atoms with Crippen LogP contribution in [0.2, 0.25) is 0 Å². The Bertz CT molecular complexity index is 220. The van der Waals surface area contributed by atoms with E-state index in [1.165, 1.54) is 0 Å². The van der Waals surface area contributed by atoms with Crippen LogP contribution in [0.3, 0.4) is 0 Å². The lowest BCUT2D eigenvalue weighted by Gasteiger charge is -2.19. The van der Waals surface area contributed by atoms with Crippen LogP contribution in [-0.2, 0) is 9.59 Å². The number of carbonyl (C=O) groups excluding carboxylic acids is 2. The van der Waals surface area contributed by atoms with Crippen LogP contribution in [0.25, 0.3) is 0 Å². The highest BCUT2D eigenvalue weighted by atomic mass is 16.2. The monoisotopic (exact) mass is 216 g/mol. The molecule has 0 aliphatic carbocycles. The molecule has 0 heterocycles. The summed E-state index contributed by atoms with van der Waals surface area (Å²) in [7, 11) is 3.48. The molecule has 0 rings (SSSR count). The highest BCUT2D eigenvalue weighted by Gasteiger charge is 2.13. The minimum absolute atomic E-state index is 0.00475. The summed E-state index contributed by atoms with van der Waals surface area (Å²) in [6.07, 6.45) is 0.341. The molecule has 1 atom stereocenters. The van der Waals surface area contributed by atoms with Gasteiger partial charge in [0.15, 0.2) is 0 Å². The van der Waals surface area contributed by atoms with Gasteiger partial charge in [-0.25, -0.2) is 5.84 Å². The second-order valence-electron chi connectivity index (χ2n) is 3.60. The molecule has 0 saturated carbocycles. The van der Waals surface area contributed by atoms with Gasteiger partial charge >= 0.3 is 0 Å². The summed E-state index contributed by atoms with van der Waals surface area (Å²) in [6, 6.07) is 0. The van der Waals surface area contributed by atoms with Crippen LogP contribution in [0.5, 0.6) is 0 Å². The molecule has 2 amide bonds. The molecule has 0 radical (unpaired) electrons. The van der Waals surface area contributed by atoms with Crippen LogP contribution in [0.4, 0.5) is 0 Å². The molecular weight excluding hydrogens is 196 g/mol. The Morgan fingerprint density at radius 1 is 1.47 bits per heavy atom. The molecule has 1 unspecified atom stereocenters. The SMILES string of the molecule is CNC(=O)C(C)CN(C)CCC(=O)NN. The molecule has 6 nitrogen and oxygen atoms in total. The average Bonchev–Trinajstić information content (AvgIpc) is 2.24. The number of amides is 2. The van der Waals surface area contributed by atoms with E-state index in [0.29, 0.717) is 19.5 Å². The first-order valence-corrected chi connectivity index (χ1v) is 4.90. The molecular formula is C9H20N4O2. The van der Waals surface area contributed by atoms with Gasteiger partial charge in [0.1, 0.15) is 0 Å². The van der Waals surface area contributed by atoms with Crippen molar-refractivity contribution in [3.05, 3.63) is 0 Å². The number of hydrogen-bond donors (Lipinski definition) is 3. The van der Waals surface area contributed by atoms with Crippen molar-refractivity contribution >= 4 is 11.8 Å². The topological polar surface area (TPSA) is 87.5 Å². The number of hydrogen-bond acceptors (Lipinski definition) is 4. The van der Waals surface area contributed by atoms with Crippen molar-refractivity contribution < 1.29 is 9.59 Å².